The topological polar surface area (TPSA) is 64.4 Å². The largest absolute Gasteiger partial charge is 0.492 e. The molecule has 0 fully saturated rings. The van der Waals surface area contributed by atoms with Crippen LogP contribution in [0.1, 0.15) is 28.4 Å². The van der Waals surface area contributed by atoms with Gasteiger partial charge in [0.05, 0.1) is 40.3 Å². The van der Waals surface area contributed by atoms with E-state index in [1.54, 1.807) is 13.1 Å². The van der Waals surface area contributed by atoms with Gasteiger partial charge in [-0.2, -0.15) is 0 Å². The molecule has 11 heteroatoms. The first kappa shape index (κ1) is 30.0. The van der Waals surface area contributed by atoms with Crippen molar-refractivity contribution in [3.05, 3.63) is 110 Å². The normalized spacial score (nSPS) is 16.2. The molecule has 0 saturated heterocycles. The van der Waals surface area contributed by atoms with E-state index in [1.165, 1.54) is 29.9 Å². The molecule has 2 aromatic carbocycles. The molecule has 2 aromatic heterocycles. The standard InChI is InChI=1S/C31H29ClF3N3O3S/c1-18-22(15-23-25(33)8-6-9-26(23)34)31-38(30(39)27(18)21-10-11-24(32)29(41-3)28(21)35)20(17-42(31)40)16-37(2)14-12-19-7-4-5-13-36-19/h4-11,13,20H,12,14-17H2,1-3H3. The number of pyridine rings is 2. The second kappa shape index (κ2) is 12.4. The van der Waals surface area contributed by atoms with E-state index < -0.39 is 39.9 Å². The van der Waals surface area contributed by atoms with Gasteiger partial charge in [-0.3, -0.25) is 18.6 Å². The van der Waals surface area contributed by atoms with E-state index >= 15 is 4.39 Å². The van der Waals surface area contributed by atoms with Crippen LogP contribution in [0.25, 0.3) is 11.1 Å². The third-order valence-electron chi connectivity index (χ3n) is 7.60. The Kier molecular flexibility index (Phi) is 8.86. The summed E-state index contributed by atoms with van der Waals surface area (Å²) in [5.41, 5.74) is 0.680. The number of likely N-dealkylation sites (N-methyl/N-ethyl adjacent to an activating group) is 1. The lowest BCUT2D eigenvalue weighted by Gasteiger charge is -2.24. The molecule has 2 atom stereocenters. The SMILES string of the molecule is COc1c(Cl)ccc(-c2c(C)c(Cc3c(F)cccc3F)c3n(c2=O)C(CN(C)CCc2ccccn2)CS3=O)c1F. The minimum atomic E-state index is -1.64. The quantitative estimate of drug-likeness (QED) is 0.241. The van der Waals surface area contributed by atoms with Crippen LogP contribution in [0.5, 0.6) is 5.75 Å². The second-order valence-corrected chi connectivity index (χ2v) is 12.1. The summed E-state index contributed by atoms with van der Waals surface area (Å²) in [6, 6.07) is 11.5. The lowest BCUT2D eigenvalue weighted by Crippen LogP contribution is -2.35. The summed E-state index contributed by atoms with van der Waals surface area (Å²) in [5.74, 6) is -2.47. The molecule has 4 aromatic rings. The molecule has 0 amide bonds. The van der Waals surface area contributed by atoms with Crippen molar-refractivity contribution in [2.75, 3.05) is 33.0 Å². The number of fused-ring (bicyclic) bond motifs is 1. The number of halogens is 4. The van der Waals surface area contributed by atoms with Crippen molar-refractivity contribution in [1.29, 1.82) is 0 Å². The zero-order valence-corrected chi connectivity index (χ0v) is 24.9. The minimum Gasteiger partial charge on any atom is -0.492 e. The van der Waals surface area contributed by atoms with E-state index in [0.29, 0.717) is 25.1 Å². The molecule has 0 radical (unpaired) electrons. The fourth-order valence-electron chi connectivity index (χ4n) is 5.49. The minimum absolute atomic E-state index is 0.00185. The number of methoxy groups -OCH3 is 1. The highest BCUT2D eigenvalue weighted by Crippen LogP contribution is 2.39. The lowest BCUT2D eigenvalue weighted by atomic mass is 9.94. The first-order valence-corrected chi connectivity index (χ1v) is 15.0. The van der Waals surface area contributed by atoms with Crippen molar-refractivity contribution in [3.8, 4) is 16.9 Å². The van der Waals surface area contributed by atoms with Crippen LogP contribution in [0.15, 0.2) is 64.5 Å². The Bertz CT molecular complexity index is 1710. The fraction of sp³-hybridized carbons (Fsp3) is 0.290. The number of ether oxygens (including phenoxy) is 1. The molecular formula is C31H29ClF3N3O3S. The van der Waals surface area contributed by atoms with Crippen LogP contribution in [0.2, 0.25) is 5.02 Å². The molecule has 220 valence electrons. The van der Waals surface area contributed by atoms with E-state index in [2.05, 4.69) is 4.98 Å². The van der Waals surface area contributed by atoms with Crippen molar-refractivity contribution in [2.24, 2.45) is 0 Å². The number of hydrogen-bond acceptors (Lipinski definition) is 5. The number of nitrogens with zero attached hydrogens (tertiary/aromatic N) is 3. The van der Waals surface area contributed by atoms with Gasteiger partial charge in [0.25, 0.3) is 5.56 Å². The predicted molar refractivity (Wildman–Crippen MR) is 157 cm³/mol. The van der Waals surface area contributed by atoms with E-state index in [0.717, 1.165) is 17.8 Å². The van der Waals surface area contributed by atoms with E-state index in [-0.39, 0.29) is 50.2 Å². The molecule has 1 aliphatic heterocycles. The predicted octanol–water partition coefficient (Wildman–Crippen LogP) is 5.73. The van der Waals surface area contributed by atoms with E-state index in [1.807, 2.05) is 30.1 Å². The summed E-state index contributed by atoms with van der Waals surface area (Å²) in [5, 5.41) is 0.230. The van der Waals surface area contributed by atoms with Crippen LogP contribution >= 0.6 is 11.6 Å². The summed E-state index contributed by atoms with van der Waals surface area (Å²) in [7, 11) is 1.52. The van der Waals surface area contributed by atoms with Crippen molar-refractivity contribution in [3.63, 3.8) is 0 Å². The van der Waals surface area contributed by atoms with Gasteiger partial charge in [-0.1, -0.05) is 23.7 Å². The van der Waals surface area contributed by atoms with E-state index in [4.69, 9.17) is 16.3 Å². The summed E-state index contributed by atoms with van der Waals surface area (Å²) in [4.78, 5) is 20.5. The lowest BCUT2D eigenvalue weighted by molar-refractivity contribution is 0.285. The van der Waals surface area contributed by atoms with Gasteiger partial charge in [0.1, 0.15) is 16.7 Å². The summed E-state index contributed by atoms with van der Waals surface area (Å²) in [6.07, 6.45) is 2.12. The highest BCUT2D eigenvalue weighted by Gasteiger charge is 2.36. The van der Waals surface area contributed by atoms with Crippen molar-refractivity contribution >= 4 is 22.4 Å². The first-order valence-electron chi connectivity index (χ1n) is 13.3. The zero-order chi connectivity index (χ0) is 30.1. The van der Waals surface area contributed by atoms with Gasteiger partial charge in [0.2, 0.25) is 0 Å². The van der Waals surface area contributed by atoms with Gasteiger partial charge in [0.15, 0.2) is 11.6 Å². The molecule has 0 spiro atoms. The maximum absolute atomic E-state index is 15.7. The Hall–Kier alpha value is -3.47. The van der Waals surface area contributed by atoms with Crippen LogP contribution < -0.4 is 10.3 Å². The highest BCUT2D eigenvalue weighted by atomic mass is 35.5. The third-order valence-corrected chi connectivity index (χ3v) is 9.46. The maximum atomic E-state index is 15.7. The average molecular weight is 616 g/mol. The van der Waals surface area contributed by atoms with Crippen LogP contribution in [0.3, 0.4) is 0 Å². The zero-order valence-electron chi connectivity index (χ0n) is 23.3. The number of rotatable bonds is 9. The Morgan fingerprint density at radius 2 is 1.83 bits per heavy atom. The number of benzene rings is 2. The van der Waals surface area contributed by atoms with Gasteiger partial charge in [-0.15, -0.1) is 0 Å². The molecule has 6 nitrogen and oxygen atoms in total. The molecule has 5 rings (SSSR count). The van der Waals surface area contributed by atoms with Gasteiger partial charge in [0, 0.05) is 48.9 Å². The van der Waals surface area contributed by atoms with Gasteiger partial charge in [-0.05, 0) is 61.5 Å². The summed E-state index contributed by atoms with van der Waals surface area (Å²) in [6.45, 7) is 2.57. The Morgan fingerprint density at radius 1 is 1.10 bits per heavy atom. The molecule has 0 N–H and O–H groups in total. The van der Waals surface area contributed by atoms with Crippen molar-refractivity contribution in [2.45, 2.75) is 30.8 Å². The van der Waals surface area contributed by atoms with Crippen LogP contribution in [-0.2, 0) is 23.6 Å². The number of aromatic nitrogens is 2. The summed E-state index contributed by atoms with van der Waals surface area (Å²) >= 11 is 6.13. The van der Waals surface area contributed by atoms with Crippen molar-refractivity contribution < 1.29 is 22.1 Å². The maximum Gasteiger partial charge on any atom is 0.260 e. The van der Waals surface area contributed by atoms with E-state index in [9.17, 15) is 17.8 Å². The molecular weight excluding hydrogens is 587 g/mol. The average Bonchev–Trinajstić information content (AvgIpc) is 3.28. The Balaban J connectivity index is 1.65. The molecule has 0 bridgehead atoms. The Labute approximate surface area is 249 Å². The molecule has 0 aliphatic carbocycles. The van der Waals surface area contributed by atoms with Gasteiger partial charge >= 0.3 is 0 Å². The molecule has 1 aliphatic rings. The second-order valence-electron chi connectivity index (χ2n) is 10.3. The number of hydrogen-bond donors (Lipinski definition) is 0. The monoisotopic (exact) mass is 615 g/mol. The van der Waals surface area contributed by atoms with Gasteiger partial charge < -0.3 is 9.64 Å². The van der Waals surface area contributed by atoms with Crippen molar-refractivity contribution in [1.82, 2.24) is 14.5 Å². The van der Waals surface area contributed by atoms with Crippen LogP contribution in [0, 0.1) is 24.4 Å². The first-order chi connectivity index (χ1) is 20.1. The fourth-order valence-corrected chi connectivity index (χ4v) is 7.43. The third kappa shape index (κ3) is 5.63. The Morgan fingerprint density at radius 3 is 2.50 bits per heavy atom. The molecule has 42 heavy (non-hydrogen) atoms. The molecule has 2 unspecified atom stereocenters. The smallest absolute Gasteiger partial charge is 0.260 e. The molecule has 0 saturated carbocycles. The highest BCUT2D eigenvalue weighted by molar-refractivity contribution is 7.85. The van der Waals surface area contributed by atoms with Crippen LogP contribution in [-0.4, -0.2) is 51.7 Å². The van der Waals surface area contributed by atoms with Crippen LogP contribution in [0.4, 0.5) is 13.2 Å². The molecule has 3 heterocycles. The summed E-state index contributed by atoms with van der Waals surface area (Å²) < 4.78 is 65.5. The van der Waals surface area contributed by atoms with Gasteiger partial charge in [-0.25, -0.2) is 13.2 Å².